The molecular weight excluding hydrogens is 286 g/mol. The number of nitrogens with two attached hydrogens (primary N) is 1. The SMILES string of the molecule is Cc1ccnc(Sc2nc3c(cc2C(N)=NO)CCC3)n1. The van der Waals surface area contributed by atoms with Crippen molar-refractivity contribution in [2.75, 3.05) is 0 Å². The summed E-state index contributed by atoms with van der Waals surface area (Å²) in [6, 6.07) is 3.80. The lowest BCUT2D eigenvalue weighted by Gasteiger charge is -2.09. The lowest BCUT2D eigenvalue weighted by molar-refractivity contribution is 0.318. The van der Waals surface area contributed by atoms with E-state index < -0.39 is 0 Å². The van der Waals surface area contributed by atoms with Crippen LogP contribution >= 0.6 is 11.8 Å². The second-order valence-electron chi connectivity index (χ2n) is 4.87. The monoisotopic (exact) mass is 301 g/mol. The van der Waals surface area contributed by atoms with Crippen LogP contribution in [0.1, 0.15) is 28.9 Å². The molecule has 6 nitrogen and oxygen atoms in total. The molecule has 0 saturated carbocycles. The van der Waals surface area contributed by atoms with Gasteiger partial charge in [-0.3, -0.25) is 0 Å². The van der Waals surface area contributed by atoms with E-state index in [1.807, 2.05) is 19.1 Å². The molecule has 0 radical (unpaired) electrons. The van der Waals surface area contributed by atoms with Crippen LogP contribution in [0.4, 0.5) is 0 Å². The van der Waals surface area contributed by atoms with Crippen molar-refractivity contribution in [1.82, 2.24) is 15.0 Å². The summed E-state index contributed by atoms with van der Waals surface area (Å²) in [6.45, 7) is 1.91. The van der Waals surface area contributed by atoms with Crippen LogP contribution in [-0.4, -0.2) is 26.0 Å². The first-order valence-corrected chi connectivity index (χ1v) is 7.47. The van der Waals surface area contributed by atoms with Gasteiger partial charge in [0.2, 0.25) is 0 Å². The van der Waals surface area contributed by atoms with Gasteiger partial charge in [0.05, 0.1) is 5.56 Å². The first-order chi connectivity index (χ1) is 10.2. The van der Waals surface area contributed by atoms with E-state index >= 15 is 0 Å². The topological polar surface area (TPSA) is 97.3 Å². The molecule has 1 aliphatic carbocycles. The summed E-state index contributed by atoms with van der Waals surface area (Å²) in [5.41, 5.74) is 9.55. The highest BCUT2D eigenvalue weighted by atomic mass is 32.2. The van der Waals surface area contributed by atoms with E-state index in [0.717, 1.165) is 30.7 Å². The van der Waals surface area contributed by atoms with Crippen LogP contribution in [-0.2, 0) is 12.8 Å². The summed E-state index contributed by atoms with van der Waals surface area (Å²) in [5.74, 6) is 0.0624. The average Bonchev–Trinajstić information content (AvgIpc) is 2.93. The van der Waals surface area contributed by atoms with E-state index in [1.165, 1.54) is 17.3 Å². The fraction of sp³-hybridized carbons (Fsp3) is 0.286. The van der Waals surface area contributed by atoms with Crippen LogP contribution in [0.5, 0.6) is 0 Å². The summed E-state index contributed by atoms with van der Waals surface area (Å²) in [5, 5.41) is 13.4. The molecule has 0 fully saturated rings. The smallest absolute Gasteiger partial charge is 0.194 e. The molecule has 0 amide bonds. The van der Waals surface area contributed by atoms with Crippen LogP contribution in [0, 0.1) is 6.92 Å². The first-order valence-electron chi connectivity index (χ1n) is 6.65. The molecule has 0 aliphatic heterocycles. The van der Waals surface area contributed by atoms with Crippen molar-refractivity contribution in [1.29, 1.82) is 0 Å². The van der Waals surface area contributed by atoms with Crippen molar-refractivity contribution in [3.63, 3.8) is 0 Å². The van der Waals surface area contributed by atoms with Gasteiger partial charge < -0.3 is 10.9 Å². The van der Waals surface area contributed by atoms with Crippen LogP contribution in [0.25, 0.3) is 0 Å². The van der Waals surface area contributed by atoms with Gasteiger partial charge in [-0.2, -0.15) is 0 Å². The average molecular weight is 301 g/mol. The number of amidine groups is 1. The number of hydrogen-bond donors (Lipinski definition) is 2. The number of oxime groups is 1. The number of nitrogens with zero attached hydrogens (tertiary/aromatic N) is 4. The standard InChI is InChI=1S/C14H15N5OS/c1-8-5-6-16-14(17-8)21-13-10(12(15)19-20)7-9-3-2-4-11(9)18-13/h5-7,20H,2-4H2,1H3,(H2,15,19). The zero-order chi connectivity index (χ0) is 14.8. The minimum atomic E-state index is 0.0624. The van der Waals surface area contributed by atoms with Gasteiger partial charge >= 0.3 is 0 Å². The van der Waals surface area contributed by atoms with Crippen LogP contribution in [0.3, 0.4) is 0 Å². The number of fused-ring (bicyclic) bond motifs is 1. The van der Waals surface area contributed by atoms with E-state index in [1.54, 1.807) is 6.20 Å². The number of hydrogen-bond acceptors (Lipinski definition) is 6. The summed E-state index contributed by atoms with van der Waals surface area (Å²) >= 11 is 1.33. The molecule has 108 valence electrons. The second-order valence-corrected chi connectivity index (χ2v) is 5.82. The normalized spacial score (nSPS) is 14.2. The van der Waals surface area contributed by atoms with Crippen LogP contribution < -0.4 is 5.73 Å². The highest BCUT2D eigenvalue weighted by Gasteiger charge is 2.19. The minimum absolute atomic E-state index is 0.0624. The summed E-state index contributed by atoms with van der Waals surface area (Å²) < 4.78 is 0. The Morgan fingerprint density at radius 1 is 1.38 bits per heavy atom. The van der Waals surface area contributed by atoms with Crippen LogP contribution in [0.15, 0.2) is 33.7 Å². The Morgan fingerprint density at radius 3 is 3.00 bits per heavy atom. The minimum Gasteiger partial charge on any atom is -0.409 e. The molecule has 0 atom stereocenters. The molecule has 2 aromatic heterocycles. The third kappa shape index (κ3) is 2.82. The molecule has 0 bridgehead atoms. The van der Waals surface area contributed by atoms with Gasteiger partial charge in [0.25, 0.3) is 0 Å². The van der Waals surface area contributed by atoms with E-state index in [4.69, 9.17) is 10.9 Å². The zero-order valence-corrected chi connectivity index (χ0v) is 12.4. The Hall–Kier alpha value is -2.15. The number of pyridine rings is 1. The van der Waals surface area contributed by atoms with Crippen molar-refractivity contribution >= 4 is 17.6 Å². The van der Waals surface area contributed by atoms with Crippen molar-refractivity contribution in [2.24, 2.45) is 10.9 Å². The quantitative estimate of drug-likeness (QED) is 0.295. The molecule has 3 N–H and O–H groups in total. The molecule has 21 heavy (non-hydrogen) atoms. The number of aromatic nitrogens is 3. The second kappa shape index (κ2) is 5.69. The predicted molar refractivity (Wildman–Crippen MR) is 79.7 cm³/mol. The maximum atomic E-state index is 8.97. The summed E-state index contributed by atoms with van der Waals surface area (Å²) in [4.78, 5) is 13.2. The molecule has 3 rings (SSSR count). The molecule has 1 aliphatic rings. The molecule has 2 heterocycles. The lowest BCUT2D eigenvalue weighted by atomic mass is 10.1. The van der Waals surface area contributed by atoms with E-state index in [0.29, 0.717) is 15.7 Å². The molecule has 0 saturated heterocycles. The Labute approximate surface area is 126 Å². The Kier molecular flexibility index (Phi) is 3.74. The van der Waals surface area contributed by atoms with Gasteiger partial charge in [0, 0.05) is 17.6 Å². The van der Waals surface area contributed by atoms with Gasteiger partial charge in [-0.15, -0.1) is 0 Å². The Bertz CT molecular complexity index is 717. The maximum absolute atomic E-state index is 8.97. The van der Waals surface area contributed by atoms with Gasteiger partial charge in [0.1, 0.15) is 5.03 Å². The van der Waals surface area contributed by atoms with Crippen molar-refractivity contribution in [3.8, 4) is 0 Å². The van der Waals surface area contributed by atoms with Gasteiger partial charge in [-0.1, -0.05) is 5.16 Å². The molecule has 0 spiro atoms. The third-order valence-corrected chi connectivity index (χ3v) is 4.24. The van der Waals surface area contributed by atoms with Crippen molar-refractivity contribution in [2.45, 2.75) is 36.4 Å². The van der Waals surface area contributed by atoms with E-state index in [2.05, 4.69) is 20.1 Å². The highest BCUT2D eigenvalue weighted by Crippen LogP contribution is 2.31. The molecule has 7 heteroatoms. The summed E-state index contributed by atoms with van der Waals surface area (Å²) in [7, 11) is 0. The Balaban J connectivity index is 2.04. The van der Waals surface area contributed by atoms with E-state index in [9.17, 15) is 0 Å². The highest BCUT2D eigenvalue weighted by molar-refractivity contribution is 7.99. The number of rotatable bonds is 3. The maximum Gasteiger partial charge on any atom is 0.194 e. The van der Waals surface area contributed by atoms with Gasteiger partial charge in [-0.05, 0) is 55.6 Å². The molecular formula is C14H15N5OS. The zero-order valence-electron chi connectivity index (χ0n) is 11.6. The molecule has 2 aromatic rings. The van der Waals surface area contributed by atoms with E-state index in [-0.39, 0.29) is 5.84 Å². The number of aryl methyl sites for hydroxylation is 3. The molecule has 0 unspecified atom stereocenters. The van der Waals surface area contributed by atoms with Gasteiger partial charge in [0.15, 0.2) is 11.0 Å². The van der Waals surface area contributed by atoms with Crippen molar-refractivity contribution < 1.29 is 5.21 Å². The first kappa shape index (κ1) is 13.8. The van der Waals surface area contributed by atoms with Crippen molar-refractivity contribution in [3.05, 3.63) is 40.8 Å². The third-order valence-electron chi connectivity index (χ3n) is 3.36. The fourth-order valence-corrected chi connectivity index (χ4v) is 3.24. The predicted octanol–water partition coefficient (Wildman–Crippen LogP) is 1.91. The fourth-order valence-electron chi connectivity index (χ4n) is 2.33. The van der Waals surface area contributed by atoms with Crippen LogP contribution in [0.2, 0.25) is 0 Å². The van der Waals surface area contributed by atoms with Gasteiger partial charge in [-0.25, -0.2) is 15.0 Å². The lowest BCUT2D eigenvalue weighted by Crippen LogP contribution is -2.16. The molecule has 0 aromatic carbocycles. The largest absolute Gasteiger partial charge is 0.409 e. The Morgan fingerprint density at radius 2 is 2.24 bits per heavy atom. The summed E-state index contributed by atoms with van der Waals surface area (Å²) in [6.07, 6.45) is 4.75.